The predicted octanol–water partition coefficient (Wildman–Crippen LogP) is 13.8. The van der Waals surface area contributed by atoms with Gasteiger partial charge in [-0.3, -0.25) is 0 Å². The number of fused-ring (bicyclic) bond motifs is 8. The zero-order chi connectivity index (χ0) is 33.0. The summed E-state index contributed by atoms with van der Waals surface area (Å²) in [5, 5.41) is 9.43. The normalized spacial score (nSPS) is 11.6. The Hall–Kier alpha value is -6.64. The van der Waals surface area contributed by atoms with Crippen LogP contribution in [-0.4, -0.2) is 0 Å². The van der Waals surface area contributed by atoms with Gasteiger partial charge in [0, 0.05) is 38.4 Å². The maximum absolute atomic E-state index is 6.87. The second-order valence-electron chi connectivity index (χ2n) is 12.9. The van der Waals surface area contributed by atoms with Gasteiger partial charge in [-0.05, 0) is 63.0 Å². The summed E-state index contributed by atoms with van der Waals surface area (Å²) in [5.74, 6) is 0. The van der Waals surface area contributed by atoms with Crippen LogP contribution in [0.2, 0.25) is 0 Å². The molecule has 0 aliphatic heterocycles. The van der Waals surface area contributed by atoms with Crippen LogP contribution in [0.15, 0.2) is 192 Å². The van der Waals surface area contributed by atoms with Gasteiger partial charge in [-0.1, -0.05) is 158 Å². The molecule has 0 aliphatic carbocycles. The van der Waals surface area contributed by atoms with E-state index in [1.54, 1.807) is 0 Å². The topological polar surface area (TPSA) is 16.4 Å². The van der Waals surface area contributed by atoms with E-state index in [4.69, 9.17) is 4.42 Å². The summed E-state index contributed by atoms with van der Waals surface area (Å²) >= 11 is 0. The molecule has 2 nitrogen and oxygen atoms in total. The van der Waals surface area contributed by atoms with Crippen molar-refractivity contribution < 1.29 is 4.42 Å². The van der Waals surface area contributed by atoms with E-state index < -0.39 is 0 Å². The van der Waals surface area contributed by atoms with Gasteiger partial charge in [-0.25, -0.2) is 0 Å². The third-order valence-electron chi connectivity index (χ3n) is 10.0. The average Bonchev–Trinajstić information content (AvgIpc) is 3.59. The molecule has 0 radical (unpaired) electrons. The van der Waals surface area contributed by atoms with Crippen LogP contribution in [-0.2, 0) is 0 Å². The van der Waals surface area contributed by atoms with E-state index in [0.717, 1.165) is 55.5 Å². The molecule has 10 rings (SSSR count). The highest BCUT2D eigenvalue weighted by Gasteiger charge is 2.23. The minimum Gasteiger partial charge on any atom is -0.455 e. The number of rotatable bonds is 5. The molecular weight excluding hydrogens is 607 g/mol. The Labute approximate surface area is 290 Å². The Morgan fingerprint density at radius 3 is 1.76 bits per heavy atom. The fraction of sp³-hybridized carbons (Fsp3) is 0. The molecule has 0 fully saturated rings. The summed E-state index contributed by atoms with van der Waals surface area (Å²) in [4.78, 5) is 2.43. The first-order chi connectivity index (χ1) is 24.8. The molecule has 1 heterocycles. The Morgan fingerprint density at radius 1 is 0.320 bits per heavy atom. The number of benzene rings is 9. The van der Waals surface area contributed by atoms with Crippen molar-refractivity contribution in [2.45, 2.75) is 0 Å². The summed E-state index contributed by atoms with van der Waals surface area (Å²) in [6.45, 7) is 0. The first kappa shape index (κ1) is 28.4. The lowest BCUT2D eigenvalue weighted by Gasteiger charge is -2.29. The lowest BCUT2D eigenvalue weighted by atomic mass is 9.96. The molecule has 1 aromatic heterocycles. The van der Waals surface area contributed by atoms with Crippen LogP contribution in [0.25, 0.3) is 76.5 Å². The summed E-state index contributed by atoms with van der Waals surface area (Å²) in [6.07, 6.45) is 0. The summed E-state index contributed by atoms with van der Waals surface area (Å²) in [5.41, 5.74) is 9.67. The zero-order valence-corrected chi connectivity index (χ0v) is 27.3. The fourth-order valence-corrected chi connectivity index (χ4v) is 7.70. The molecule has 0 N–H and O–H groups in total. The van der Waals surface area contributed by atoms with Gasteiger partial charge in [0.1, 0.15) is 11.2 Å². The van der Waals surface area contributed by atoms with Crippen molar-refractivity contribution in [1.29, 1.82) is 0 Å². The minimum atomic E-state index is 0.897. The molecule has 2 heteroatoms. The molecule has 0 saturated heterocycles. The van der Waals surface area contributed by atoms with Crippen molar-refractivity contribution in [2.75, 3.05) is 4.90 Å². The average molecular weight is 638 g/mol. The van der Waals surface area contributed by atoms with Crippen molar-refractivity contribution in [3.05, 3.63) is 188 Å². The lowest BCUT2D eigenvalue weighted by molar-refractivity contribution is 0.674. The third-order valence-corrected chi connectivity index (χ3v) is 10.0. The van der Waals surface area contributed by atoms with E-state index in [0.29, 0.717) is 0 Å². The Kier molecular flexibility index (Phi) is 6.53. The molecule has 10 aromatic rings. The summed E-state index contributed by atoms with van der Waals surface area (Å²) < 4.78 is 6.87. The quantitative estimate of drug-likeness (QED) is 0.175. The van der Waals surface area contributed by atoms with Crippen LogP contribution in [0.1, 0.15) is 0 Å². The molecular formula is C48H31NO. The van der Waals surface area contributed by atoms with Crippen LogP contribution in [0.3, 0.4) is 0 Å². The van der Waals surface area contributed by atoms with Crippen LogP contribution >= 0.6 is 0 Å². The minimum absolute atomic E-state index is 0.897. The molecule has 0 spiro atoms. The van der Waals surface area contributed by atoms with E-state index in [-0.39, 0.29) is 0 Å². The van der Waals surface area contributed by atoms with Gasteiger partial charge in [-0.15, -0.1) is 0 Å². The van der Waals surface area contributed by atoms with Gasteiger partial charge in [-0.2, -0.15) is 0 Å². The van der Waals surface area contributed by atoms with E-state index in [1.807, 2.05) is 0 Å². The molecule has 0 aliphatic rings. The van der Waals surface area contributed by atoms with Gasteiger partial charge in [0.2, 0.25) is 0 Å². The Morgan fingerprint density at radius 2 is 0.920 bits per heavy atom. The fourth-order valence-electron chi connectivity index (χ4n) is 7.70. The number of hydrogen-bond acceptors (Lipinski definition) is 2. The highest BCUT2D eigenvalue weighted by Crippen LogP contribution is 2.47. The predicted molar refractivity (Wildman–Crippen MR) is 212 cm³/mol. The summed E-state index contributed by atoms with van der Waals surface area (Å²) in [7, 11) is 0. The number of para-hydroxylation sites is 2. The van der Waals surface area contributed by atoms with Crippen molar-refractivity contribution >= 4 is 71.3 Å². The smallest absolute Gasteiger partial charge is 0.143 e. The van der Waals surface area contributed by atoms with Crippen LogP contribution in [0.5, 0.6) is 0 Å². The number of hydrogen-bond donors (Lipinski definition) is 0. The highest BCUT2D eigenvalue weighted by atomic mass is 16.3. The van der Waals surface area contributed by atoms with Gasteiger partial charge in [0.15, 0.2) is 0 Å². The van der Waals surface area contributed by atoms with E-state index in [2.05, 4.69) is 193 Å². The number of nitrogens with zero attached hydrogens (tertiary/aromatic N) is 1. The summed E-state index contributed by atoms with van der Waals surface area (Å²) in [6, 6.07) is 67.4. The van der Waals surface area contributed by atoms with Crippen LogP contribution in [0, 0.1) is 0 Å². The zero-order valence-electron chi connectivity index (χ0n) is 27.3. The third kappa shape index (κ3) is 4.50. The molecule has 50 heavy (non-hydrogen) atoms. The van der Waals surface area contributed by atoms with Crippen LogP contribution in [0.4, 0.5) is 17.1 Å². The molecule has 0 saturated carbocycles. The van der Waals surface area contributed by atoms with Gasteiger partial charge >= 0.3 is 0 Å². The standard InChI is InChI=1S/C48H31NO/c1-2-13-32(14-3-1)33-25-28-36(29-26-33)49(46-31-35-16-5-6-17-37(35)39-19-8-9-20-40(39)46)45-24-11-10-21-41(45)42-22-12-23-43-44-30-27-34-15-4-7-18-38(34)47(44)50-48(42)43/h1-31H. The lowest BCUT2D eigenvalue weighted by Crippen LogP contribution is -2.12. The van der Waals surface area contributed by atoms with E-state index in [9.17, 15) is 0 Å². The van der Waals surface area contributed by atoms with Crippen molar-refractivity contribution in [1.82, 2.24) is 0 Å². The second kappa shape index (κ2) is 11.5. The molecule has 234 valence electrons. The highest BCUT2D eigenvalue weighted by molar-refractivity contribution is 6.18. The number of furan rings is 1. The Balaban J connectivity index is 1.25. The Bertz CT molecular complexity index is 2870. The largest absolute Gasteiger partial charge is 0.455 e. The number of anilines is 3. The first-order valence-electron chi connectivity index (χ1n) is 17.1. The van der Waals surface area contributed by atoms with Gasteiger partial charge in [0.25, 0.3) is 0 Å². The maximum atomic E-state index is 6.87. The molecule has 0 bridgehead atoms. The molecule has 0 atom stereocenters. The van der Waals surface area contributed by atoms with Crippen molar-refractivity contribution in [3.63, 3.8) is 0 Å². The monoisotopic (exact) mass is 637 g/mol. The molecule has 0 unspecified atom stereocenters. The van der Waals surface area contributed by atoms with Crippen LogP contribution < -0.4 is 4.90 Å². The van der Waals surface area contributed by atoms with E-state index in [1.165, 1.54) is 38.1 Å². The first-order valence-corrected chi connectivity index (χ1v) is 17.1. The molecule has 0 amide bonds. The van der Waals surface area contributed by atoms with Gasteiger partial charge < -0.3 is 9.32 Å². The van der Waals surface area contributed by atoms with Crippen molar-refractivity contribution in [3.8, 4) is 22.3 Å². The van der Waals surface area contributed by atoms with Gasteiger partial charge in [0.05, 0.1) is 11.4 Å². The van der Waals surface area contributed by atoms with E-state index >= 15 is 0 Å². The SMILES string of the molecule is c1ccc(-c2ccc(N(c3ccccc3-c3cccc4c3oc3c5ccccc5ccc43)c3cc4ccccc4c4ccccc34)cc2)cc1. The maximum Gasteiger partial charge on any atom is 0.143 e. The molecule has 9 aromatic carbocycles. The van der Waals surface area contributed by atoms with Crippen molar-refractivity contribution in [2.24, 2.45) is 0 Å². The second-order valence-corrected chi connectivity index (χ2v) is 12.9.